The van der Waals surface area contributed by atoms with Crippen molar-refractivity contribution in [3.8, 4) is 24.7 Å². The summed E-state index contributed by atoms with van der Waals surface area (Å²) in [6.07, 6.45) is 13.3. The maximum absolute atomic E-state index is 12.8. The van der Waals surface area contributed by atoms with Gasteiger partial charge in [0.15, 0.2) is 0 Å². The summed E-state index contributed by atoms with van der Waals surface area (Å²) in [5.74, 6) is 5.01. The van der Waals surface area contributed by atoms with Crippen LogP contribution in [0, 0.1) is 36.3 Å². The number of amides is 1. The third-order valence-corrected chi connectivity index (χ3v) is 3.64. The third kappa shape index (κ3) is 7.06. The Hall–Kier alpha value is -4.23. The van der Waals surface area contributed by atoms with Gasteiger partial charge in [0.2, 0.25) is 0 Å². The van der Waals surface area contributed by atoms with Crippen LogP contribution in [0.4, 0.5) is 13.6 Å². The van der Waals surface area contributed by atoms with Crippen molar-refractivity contribution in [2.24, 2.45) is 0 Å². The fourth-order valence-electron chi connectivity index (χ4n) is 2.31. The van der Waals surface area contributed by atoms with E-state index in [2.05, 4.69) is 40.0 Å². The van der Waals surface area contributed by atoms with E-state index in [-0.39, 0.29) is 17.7 Å². The van der Waals surface area contributed by atoms with Gasteiger partial charge in [0.25, 0.3) is 0 Å². The fourth-order valence-corrected chi connectivity index (χ4v) is 2.31. The van der Waals surface area contributed by atoms with Gasteiger partial charge < -0.3 is 10.1 Å². The maximum Gasteiger partial charge on any atom is 0.407 e. The Balaban J connectivity index is 0.000000199. The predicted octanol–water partition coefficient (Wildman–Crippen LogP) is 3.87. The van der Waals surface area contributed by atoms with E-state index < -0.39 is 6.09 Å². The molecule has 1 atom stereocenters. The molecule has 1 aliphatic rings. The molecule has 7 heteroatoms. The van der Waals surface area contributed by atoms with Gasteiger partial charge in [-0.3, -0.25) is 9.97 Å². The third-order valence-electron chi connectivity index (χ3n) is 3.64. The first-order chi connectivity index (χ1) is 14.6. The number of benzene rings is 1. The average molecular weight is 405 g/mol. The molecule has 0 radical (unpaired) electrons. The zero-order valence-corrected chi connectivity index (χ0v) is 15.8. The van der Waals surface area contributed by atoms with Crippen LogP contribution >= 0.6 is 0 Å². The Bertz CT molecular complexity index is 1040. The molecular weight excluding hydrogens is 388 g/mol. The molecule has 0 unspecified atom stereocenters. The van der Waals surface area contributed by atoms with Gasteiger partial charge in [-0.1, -0.05) is 24.0 Å². The second kappa shape index (κ2) is 11.6. The number of nitrogens with zero attached hydrogens (tertiary/aromatic N) is 2. The monoisotopic (exact) mass is 405 g/mol. The van der Waals surface area contributed by atoms with Crippen LogP contribution in [-0.2, 0) is 4.74 Å². The van der Waals surface area contributed by atoms with Crippen LogP contribution in [0.1, 0.15) is 22.8 Å². The molecular formula is C23H17F2N3O2. The lowest BCUT2D eigenvalue weighted by Gasteiger charge is -2.06. The number of ether oxygens (including phenoxy) is 1. The zero-order chi connectivity index (χ0) is 21.8. The Kier molecular flexibility index (Phi) is 8.51. The summed E-state index contributed by atoms with van der Waals surface area (Å²) in [5, 5.41) is 2.53. The lowest BCUT2D eigenvalue weighted by molar-refractivity contribution is 0.141. The number of carbonyl (C=O) groups excluding carboxylic acids is 1. The normalized spacial score (nSPS) is 13.7. The van der Waals surface area contributed by atoms with Crippen molar-refractivity contribution in [1.82, 2.24) is 15.3 Å². The zero-order valence-electron chi connectivity index (χ0n) is 15.8. The number of cyclic esters (lactones) is 1. The highest BCUT2D eigenvalue weighted by atomic mass is 19.1. The van der Waals surface area contributed by atoms with E-state index in [1.54, 1.807) is 30.6 Å². The number of halogens is 2. The van der Waals surface area contributed by atoms with Crippen molar-refractivity contribution in [3.05, 3.63) is 95.6 Å². The molecule has 0 saturated carbocycles. The molecule has 150 valence electrons. The number of hydrogen-bond donors (Lipinski definition) is 1. The van der Waals surface area contributed by atoms with Crippen molar-refractivity contribution >= 4 is 6.09 Å². The summed E-state index contributed by atoms with van der Waals surface area (Å²) in [6, 6.07) is 10.9. The molecule has 1 aromatic carbocycles. The van der Waals surface area contributed by atoms with Gasteiger partial charge in [-0.2, -0.15) is 0 Å². The number of carbonyl (C=O) groups is 1. The summed E-state index contributed by atoms with van der Waals surface area (Å²) in [6.45, 7) is 0.449. The van der Waals surface area contributed by atoms with E-state index in [0.717, 1.165) is 17.3 Å². The molecule has 0 aliphatic carbocycles. The summed E-state index contributed by atoms with van der Waals surface area (Å²) in [4.78, 5) is 18.3. The highest BCUT2D eigenvalue weighted by molar-refractivity contribution is 5.69. The number of hydrogen-bond acceptors (Lipinski definition) is 4. The molecule has 3 heterocycles. The first-order valence-corrected chi connectivity index (χ1v) is 8.66. The minimum absolute atomic E-state index is 0.284. The maximum atomic E-state index is 12.8. The summed E-state index contributed by atoms with van der Waals surface area (Å²) < 4.78 is 30.2. The lowest BCUT2D eigenvalue weighted by atomic mass is 10.1. The van der Waals surface area contributed by atoms with Crippen molar-refractivity contribution < 1.29 is 18.3 Å². The van der Waals surface area contributed by atoms with Crippen LogP contribution in [0.15, 0.2) is 67.3 Å². The first-order valence-electron chi connectivity index (χ1n) is 8.66. The summed E-state index contributed by atoms with van der Waals surface area (Å²) in [5.41, 5.74) is 2.15. The van der Waals surface area contributed by atoms with Crippen LogP contribution < -0.4 is 5.32 Å². The number of rotatable bonds is 1. The van der Waals surface area contributed by atoms with Crippen LogP contribution in [-0.4, -0.2) is 22.6 Å². The van der Waals surface area contributed by atoms with E-state index in [4.69, 9.17) is 4.74 Å². The van der Waals surface area contributed by atoms with Crippen LogP contribution in [0.5, 0.6) is 0 Å². The summed E-state index contributed by atoms with van der Waals surface area (Å²) >= 11 is 0. The Labute approximate surface area is 173 Å². The number of terminal acetylenes is 1. The Morgan fingerprint density at radius 2 is 1.67 bits per heavy atom. The molecule has 1 N–H and O–H groups in total. The second-order valence-corrected chi connectivity index (χ2v) is 5.71. The fraction of sp³-hybridized carbons (Fsp3) is 0.0870. The van der Waals surface area contributed by atoms with Crippen molar-refractivity contribution in [2.45, 2.75) is 6.10 Å². The molecule has 2 aromatic heterocycles. The topological polar surface area (TPSA) is 64.1 Å². The molecule has 0 bridgehead atoms. The second-order valence-electron chi connectivity index (χ2n) is 5.71. The number of nitrogens with one attached hydrogen (secondary N) is 1. The Morgan fingerprint density at radius 1 is 0.967 bits per heavy atom. The molecule has 1 amide bonds. The largest absolute Gasteiger partial charge is 0.439 e. The number of aromatic nitrogens is 2. The van der Waals surface area contributed by atoms with Gasteiger partial charge in [-0.05, 0) is 35.9 Å². The molecule has 0 spiro atoms. The first kappa shape index (κ1) is 22.1. The van der Waals surface area contributed by atoms with E-state index in [0.29, 0.717) is 12.1 Å². The number of pyridine rings is 2. The minimum atomic E-state index is -0.422. The molecule has 1 fully saturated rings. The van der Waals surface area contributed by atoms with Gasteiger partial charge in [0, 0.05) is 29.7 Å². The molecule has 1 aliphatic heterocycles. The molecule has 1 saturated heterocycles. The SMILES string of the molecule is C#C.Fc1cncc(C#Cc2cccnc2)c1.O=C1NC[C@H](c2ccc(F)cc2)O1. The lowest BCUT2D eigenvalue weighted by Crippen LogP contribution is -2.12. The van der Waals surface area contributed by atoms with Gasteiger partial charge >= 0.3 is 6.09 Å². The van der Waals surface area contributed by atoms with E-state index in [1.807, 2.05) is 6.07 Å². The highest BCUT2D eigenvalue weighted by Gasteiger charge is 2.23. The van der Waals surface area contributed by atoms with Gasteiger partial charge in [0.1, 0.15) is 17.7 Å². The molecule has 4 rings (SSSR count). The van der Waals surface area contributed by atoms with Gasteiger partial charge in [0.05, 0.1) is 12.7 Å². The molecule has 30 heavy (non-hydrogen) atoms. The van der Waals surface area contributed by atoms with Gasteiger partial charge in [-0.25, -0.2) is 13.6 Å². The van der Waals surface area contributed by atoms with E-state index in [9.17, 15) is 13.6 Å². The van der Waals surface area contributed by atoms with E-state index in [1.165, 1.54) is 24.4 Å². The van der Waals surface area contributed by atoms with Crippen molar-refractivity contribution in [2.75, 3.05) is 6.54 Å². The highest BCUT2D eigenvalue weighted by Crippen LogP contribution is 2.20. The standard InChI is InChI=1S/C12H7FN2.C9H8FNO2.C2H2/c13-12-6-11(8-15-9-12)4-3-10-2-1-5-14-7-10;10-7-3-1-6(2-4-7)8-5-11-9(12)13-8;1-2/h1-2,5-9H;1-4,8H,5H2,(H,11,12);1-2H/t;8-;/m.1./s1. The number of alkyl carbamates (subject to hydrolysis) is 1. The van der Waals surface area contributed by atoms with Crippen LogP contribution in [0.25, 0.3) is 0 Å². The predicted molar refractivity (Wildman–Crippen MR) is 108 cm³/mol. The minimum Gasteiger partial charge on any atom is -0.439 e. The quantitative estimate of drug-likeness (QED) is 0.625. The van der Waals surface area contributed by atoms with Crippen molar-refractivity contribution in [1.29, 1.82) is 0 Å². The average Bonchev–Trinajstić information content (AvgIpc) is 3.22. The summed E-state index contributed by atoms with van der Waals surface area (Å²) in [7, 11) is 0. The van der Waals surface area contributed by atoms with E-state index >= 15 is 0 Å². The smallest absolute Gasteiger partial charge is 0.407 e. The van der Waals surface area contributed by atoms with Gasteiger partial charge in [-0.15, -0.1) is 12.8 Å². The Morgan fingerprint density at radius 3 is 2.27 bits per heavy atom. The van der Waals surface area contributed by atoms with Crippen LogP contribution in [0.2, 0.25) is 0 Å². The molecule has 5 nitrogen and oxygen atoms in total. The van der Waals surface area contributed by atoms with Crippen LogP contribution in [0.3, 0.4) is 0 Å². The van der Waals surface area contributed by atoms with Crippen molar-refractivity contribution in [3.63, 3.8) is 0 Å². The molecule has 3 aromatic rings.